The van der Waals surface area contributed by atoms with Crippen LogP contribution in [0.5, 0.6) is 0 Å². The molecule has 3 rings (SSSR count). The second-order valence-electron chi connectivity index (χ2n) is 6.16. The molecule has 0 aromatic heterocycles. The molecule has 4 heteroatoms. The van der Waals surface area contributed by atoms with E-state index in [4.69, 9.17) is 4.74 Å². The van der Waals surface area contributed by atoms with Crippen LogP contribution in [-0.4, -0.2) is 38.0 Å². The first kappa shape index (κ1) is 16.5. The number of hydrogen-bond acceptors (Lipinski definition) is 4. The van der Waals surface area contributed by atoms with Crippen molar-refractivity contribution in [2.45, 2.75) is 19.6 Å². The average molecular weight is 323 g/mol. The summed E-state index contributed by atoms with van der Waals surface area (Å²) < 4.78 is 5.14. The van der Waals surface area contributed by atoms with Crippen molar-refractivity contribution in [3.63, 3.8) is 0 Å². The summed E-state index contributed by atoms with van der Waals surface area (Å²) in [6, 6.07) is 17.0. The number of nitrogens with zero attached hydrogens (tertiary/aromatic N) is 2. The smallest absolute Gasteiger partial charge is 0.130 e. The van der Waals surface area contributed by atoms with Crippen LogP contribution >= 0.6 is 0 Å². The Bertz CT molecular complexity index is 677. The minimum Gasteiger partial charge on any atom is -0.381 e. The molecule has 0 radical (unpaired) electrons. The van der Waals surface area contributed by atoms with Gasteiger partial charge in [0.25, 0.3) is 0 Å². The fourth-order valence-corrected chi connectivity index (χ4v) is 2.89. The first-order valence-corrected chi connectivity index (χ1v) is 8.43. The van der Waals surface area contributed by atoms with Gasteiger partial charge in [0.1, 0.15) is 5.84 Å². The minimum absolute atomic E-state index is 0.660. The Labute approximate surface area is 144 Å². The number of anilines is 1. The van der Waals surface area contributed by atoms with Crippen LogP contribution in [0.1, 0.15) is 23.1 Å². The van der Waals surface area contributed by atoms with E-state index in [-0.39, 0.29) is 0 Å². The standard InChI is InChI=1S/C20H25N3O/c1-23-13-3-12-21-20(23)18-8-10-19(11-9-18)22-14-16-4-6-17(7-5-16)15-24-2/h4-11,22H,3,12-15H2,1-2H3. The molecule has 0 bridgehead atoms. The molecule has 0 saturated heterocycles. The van der Waals surface area contributed by atoms with Crippen molar-refractivity contribution in [3.8, 4) is 0 Å². The van der Waals surface area contributed by atoms with Crippen LogP contribution in [0.15, 0.2) is 53.5 Å². The van der Waals surface area contributed by atoms with E-state index in [0.29, 0.717) is 6.61 Å². The number of ether oxygens (including phenoxy) is 1. The fraction of sp³-hybridized carbons (Fsp3) is 0.350. The van der Waals surface area contributed by atoms with Crippen LogP contribution in [0.25, 0.3) is 0 Å². The molecule has 0 saturated carbocycles. The van der Waals surface area contributed by atoms with E-state index < -0.39 is 0 Å². The molecule has 0 fully saturated rings. The molecule has 126 valence electrons. The molecular weight excluding hydrogens is 298 g/mol. The Kier molecular flexibility index (Phi) is 5.49. The molecule has 2 aromatic carbocycles. The van der Waals surface area contributed by atoms with E-state index in [1.165, 1.54) is 16.7 Å². The summed E-state index contributed by atoms with van der Waals surface area (Å²) in [5.74, 6) is 1.10. The molecule has 1 N–H and O–H groups in total. The Balaban J connectivity index is 1.59. The lowest BCUT2D eigenvalue weighted by Gasteiger charge is -2.25. The molecule has 0 aliphatic carbocycles. The largest absolute Gasteiger partial charge is 0.381 e. The third-order valence-electron chi connectivity index (χ3n) is 4.25. The average Bonchev–Trinajstić information content (AvgIpc) is 2.62. The van der Waals surface area contributed by atoms with Gasteiger partial charge in [-0.15, -0.1) is 0 Å². The molecule has 4 nitrogen and oxygen atoms in total. The Hall–Kier alpha value is -2.33. The maximum Gasteiger partial charge on any atom is 0.130 e. The summed E-state index contributed by atoms with van der Waals surface area (Å²) in [4.78, 5) is 6.87. The summed E-state index contributed by atoms with van der Waals surface area (Å²) in [6.45, 7) is 3.48. The third kappa shape index (κ3) is 4.15. The SMILES string of the molecule is COCc1ccc(CNc2ccc(C3=NCCCN3C)cc2)cc1. The zero-order chi connectivity index (χ0) is 16.8. The Morgan fingerprint density at radius 3 is 2.42 bits per heavy atom. The fourth-order valence-electron chi connectivity index (χ4n) is 2.89. The van der Waals surface area contributed by atoms with Crippen LogP contribution in [0.2, 0.25) is 0 Å². The van der Waals surface area contributed by atoms with Crippen LogP contribution in [0.4, 0.5) is 5.69 Å². The van der Waals surface area contributed by atoms with E-state index in [1.54, 1.807) is 7.11 Å². The van der Waals surface area contributed by atoms with Crippen molar-refractivity contribution in [2.75, 3.05) is 32.6 Å². The van der Waals surface area contributed by atoms with E-state index in [1.807, 2.05) is 0 Å². The molecule has 1 aliphatic rings. The van der Waals surface area contributed by atoms with E-state index in [9.17, 15) is 0 Å². The number of aliphatic imine (C=N–C) groups is 1. The Morgan fingerprint density at radius 2 is 1.75 bits per heavy atom. The first-order chi connectivity index (χ1) is 11.8. The number of amidine groups is 1. The lowest BCUT2D eigenvalue weighted by atomic mass is 10.1. The predicted molar refractivity (Wildman–Crippen MR) is 99.6 cm³/mol. The van der Waals surface area contributed by atoms with Crippen molar-refractivity contribution in [1.29, 1.82) is 0 Å². The van der Waals surface area contributed by atoms with Crippen LogP contribution < -0.4 is 5.32 Å². The zero-order valence-corrected chi connectivity index (χ0v) is 14.5. The van der Waals surface area contributed by atoms with Crippen molar-refractivity contribution in [1.82, 2.24) is 4.90 Å². The summed E-state index contributed by atoms with van der Waals surface area (Å²) in [5, 5.41) is 3.47. The molecule has 0 unspecified atom stereocenters. The topological polar surface area (TPSA) is 36.9 Å². The maximum absolute atomic E-state index is 5.14. The van der Waals surface area contributed by atoms with Gasteiger partial charge in [-0.2, -0.15) is 0 Å². The highest BCUT2D eigenvalue weighted by Gasteiger charge is 2.12. The Morgan fingerprint density at radius 1 is 1.04 bits per heavy atom. The molecule has 0 amide bonds. The van der Waals surface area contributed by atoms with Gasteiger partial charge in [0.05, 0.1) is 6.61 Å². The van der Waals surface area contributed by atoms with Crippen LogP contribution in [-0.2, 0) is 17.9 Å². The van der Waals surface area contributed by atoms with Gasteiger partial charge in [-0.25, -0.2) is 0 Å². The highest BCUT2D eigenvalue weighted by atomic mass is 16.5. The van der Waals surface area contributed by atoms with Crippen LogP contribution in [0.3, 0.4) is 0 Å². The second-order valence-corrected chi connectivity index (χ2v) is 6.16. The van der Waals surface area contributed by atoms with E-state index >= 15 is 0 Å². The van der Waals surface area contributed by atoms with E-state index in [0.717, 1.165) is 37.6 Å². The van der Waals surface area contributed by atoms with Gasteiger partial charge in [0, 0.05) is 45.0 Å². The van der Waals surface area contributed by atoms with Crippen molar-refractivity contribution < 1.29 is 4.74 Å². The summed E-state index contributed by atoms with van der Waals surface area (Å²) in [7, 11) is 3.83. The molecule has 2 aromatic rings. The minimum atomic E-state index is 0.660. The highest BCUT2D eigenvalue weighted by molar-refractivity contribution is 5.99. The highest BCUT2D eigenvalue weighted by Crippen LogP contribution is 2.15. The normalized spacial score (nSPS) is 14.4. The van der Waals surface area contributed by atoms with Crippen molar-refractivity contribution in [3.05, 3.63) is 65.2 Å². The molecule has 1 aliphatic heterocycles. The number of nitrogens with one attached hydrogen (secondary N) is 1. The van der Waals surface area contributed by atoms with Crippen molar-refractivity contribution in [2.24, 2.45) is 4.99 Å². The maximum atomic E-state index is 5.14. The van der Waals surface area contributed by atoms with Gasteiger partial charge in [-0.3, -0.25) is 4.99 Å². The summed E-state index contributed by atoms with van der Waals surface area (Å²) in [5.41, 5.74) is 4.77. The lowest BCUT2D eigenvalue weighted by molar-refractivity contribution is 0.185. The number of hydrogen-bond donors (Lipinski definition) is 1. The van der Waals surface area contributed by atoms with Crippen LogP contribution in [0, 0.1) is 0 Å². The number of rotatable bonds is 6. The lowest BCUT2D eigenvalue weighted by Crippen LogP contribution is -2.32. The van der Waals surface area contributed by atoms with Crippen molar-refractivity contribution >= 4 is 11.5 Å². The summed E-state index contributed by atoms with van der Waals surface area (Å²) in [6.07, 6.45) is 1.14. The third-order valence-corrected chi connectivity index (χ3v) is 4.25. The van der Waals surface area contributed by atoms with Gasteiger partial charge in [0.15, 0.2) is 0 Å². The molecule has 24 heavy (non-hydrogen) atoms. The predicted octanol–water partition coefficient (Wildman–Crippen LogP) is 3.53. The molecule has 1 heterocycles. The summed E-state index contributed by atoms with van der Waals surface area (Å²) >= 11 is 0. The van der Waals surface area contributed by atoms with Gasteiger partial charge in [-0.05, 0) is 41.8 Å². The second kappa shape index (κ2) is 7.97. The zero-order valence-electron chi connectivity index (χ0n) is 14.5. The molecule has 0 spiro atoms. The quantitative estimate of drug-likeness (QED) is 0.883. The van der Waals surface area contributed by atoms with Gasteiger partial charge < -0.3 is 15.0 Å². The number of methoxy groups -OCH3 is 1. The molecule has 0 atom stereocenters. The van der Waals surface area contributed by atoms with Gasteiger partial charge >= 0.3 is 0 Å². The molecular formula is C20H25N3O. The monoisotopic (exact) mass is 323 g/mol. The van der Waals surface area contributed by atoms with Gasteiger partial charge in [0.2, 0.25) is 0 Å². The number of benzene rings is 2. The first-order valence-electron chi connectivity index (χ1n) is 8.43. The van der Waals surface area contributed by atoms with E-state index in [2.05, 4.69) is 70.8 Å². The van der Waals surface area contributed by atoms with Gasteiger partial charge in [-0.1, -0.05) is 24.3 Å².